The fourth-order valence-corrected chi connectivity index (χ4v) is 2.37. The molecule has 2 aromatic carbocycles. The van der Waals surface area contributed by atoms with Gasteiger partial charge in [0.25, 0.3) is 0 Å². The summed E-state index contributed by atoms with van der Waals surface area (Å²) in [5.41, 5.74) is 8.15. The van der Waals surface area contributed by atoms with Crippen molar-refractivity contribution in [2.45, 2.75) is 20.3 Å². The molecule has 0 amide bonds. The zero-order valence-electron chi connectivity index (χ0n) is 10.3. The van der Waals surface area contributed by atoms with Crippen LogP contribution in [0, 0.1) is 19.9 Å². The molecule has 3 heteroatoms. The minimum Gasteiger partial charge on any atom is -1.00 e. The van der Waals surface area contributed by atoms with Gasteiger partial charge in [-0.1, -0.05) is 36.2 Å². The second-order valence-electron chi connectivity index (χ2n) is 4.37. The molecule has 3 rings (SSSR count). The molecule has 0 aromatic heterocycles. The third kappa shape index (κ3) is 3.07. The second-order valence-corrected chi connectivity index (χ2v) is 4.37. The van der Waals surface area contributed by atoms with E-state index < -0.39 is 0 Å². The van der Waals surface area contributed by atoms with E-state index in [1.165, 1.54) is 33.4 Å². The Morgan fingerprint density at radius 3 is 2.33 bits per heavy atom. The predicted octanol–water partition coefficient (Wildman–Crippen LogP) is -2.32. The number of aryl methyl sites for hydroxylation is 2. The van der Waals surface area contributed by atoms with E-state index in [2.05, 4.69) is 50.2 Å². The number of benzene rings is 2. The molecule has 1 aliphatic carbocycles. The Morgan fingerprint density at radius 1 is 0.944 bits per heavy atom. The summed E-state index contributed by atoms with van der Waals surface area (Å²) in [6.07, 6.45) is 1.05. The first kappa shape index (κ1) is 17.9. The van der Waals surface area contributed by atoms with E-state index in [9.17, 15) is 0 Å². The summed E-state index contributed by atoms with van der Waals surface area (Å²) >= 11 is 0. The molecule has 0 fully saturated rings. The Morgan fingerprint density at radius 2 is 1.61 bits per heavy atom. The monoisotopic (exact) mass is 353 g/mol. The van der Waals surface area contributed by atoms with Crippen molar-refractivity contribution in [3.8, 4) is 11.1 Å². The normalized spacial score (nSPS) is 10.3. The second kappa shape index (κ2) is 6.89. The first-order valence-corrected chi connectivity index (χ1v) is 5.36. The van der Waals surface area contributed by atoms with Crippen molar-refractivity contribution in [2.75, 3.05) is 0 Å². The Kier molecular flexibility index (Phi) is 6.86. The van der Waals surface area contributed by atoms with E-state index in [0.29, 0.717) is 0 Å². The molecule has 2 aromatic rings. The van der Waals surface area contributed by atoms with Crippen molar-refractivity contribution in [3.05, 3.63) is 58.7 Å². The zero-order valence-corrected chi connectivity index (χ0v) is 14.3. The van der Waals surface area contributed by atoms with Gasteiger partial charge >= 0.3 is 26.2 Å². The summed E-state index contributed by atoms with van der Waals surface area (Å²) in [7, 11) is 0. The average molecular weight is 355 g/mol. The summed E-state index contributed by atoms with van der Waals surface area (Å²) < 4.78 is 0. The minimum absolute atomic E-state index is 0. The van der Waals surface area contributed by atoms with Crippen LogP contribution in [0.1, 0.15) is 22.3 Å². The van der Waals surface area contributed by atoms with Gasteiger partial charge in [0.05, 0.1) is 0 Å². The van der Waals surface area contributed by atoms with Gasteiger partial charge < -0.3 is 24.8 Å². The quantitative estimate of drug-likeness (QED) is 0.397. The molecule has 0 heterocycles. The van der Waals surface area contributed by atoms with E-state index in [1.807, 2.05) is 0 Å². The average Bonchev–Trinajstić information content (AvgIpc) is 2.53. The molecule has 0 atom stereocenters. The van der Waals surface area contributed by atoms with Crippen molar-refractivity contribution in [1.29, 1.82) is 0 Å². The van der Waals surface area contributed by atoms with Crippen LogP contribution >= 0.6 is 0 Å². The first-order chi connectivity index (χ1) is 7.24. The smallest absolute Gasteiger partial charge is 1.00 e. The Balaban J connectivity index is 0.000000963. The SMILES string of the molecule is Cc1[c-]c2c(cc1)-c1ccc(C)cc1C2.[Cl-].[Cl-].[Zr+3]. The largest absolute Gasteiger partial charge is 3.00 e. The van der Waals surface area contributed by atoms with E-state index >= 15 is 0 Å². The standard InChI is InChI=1S/C15H13.2ClH.Zr/c1-10-3-5-14-12(7-10)9-13-8-11(2)4-6-15(13)14;;;/h3-7H,9H2,1-2H3;2*1H;/q-1;;;+3/p-2. The van der Waals surface area contributed by atoms with Gasteiger partial charge in [0.15, 0.2) is 0 Å². The van der Waals surface area contributed by atoms with Crippen molar-refractivity contribution >= 4 is 0 Å². The summed E-state index contributed by atoms with van der Waals surface area (Å²) in [4.78, 5) is 0. The van der Waals surface area contributed by atoms with E-state index in [-0.39, 0.29) is 51.0 Å². The van der Waals surface area contributed by atoms with Crippen molar-refractivity contribution in [3.63, 3.8) is 0 Å². The number of rotatable bonds is 0. The zero-order chi connectivity index (χ0) is 10.4. The van der Waals surface area contributed by atoms with Gasteiger partial charge in [-0.2, -0.15) is 23.8 Å². The third-order valence-electron chi connectivity index (χ3n) is 3.09. The van der Waals surface area contributed by atoms with Crippen LogP contribution in [-0.4, -0.2) is 0 Å². The van der Waals surface area contributed by atoms with Crippen LogP contribution in [0.5, 0.6) is 0 Å². The van der Waals surface area contributed by atoms with Gasteiger partial charge in [-0.25, -0.2) is 0 Å². The molecular formula is C15H13Cl2Zr. The molecule has 0 unspecified atom stereocenters. The summed E-state index contributed by atoms with van der Waals surface area (Å²) in [6, 6.07) is 14.5. The maximum absolute atomic E-state index is 3.45. The molecular weight excluding hydrogens is 342 g/mol. The molecule has 0 saturated heterocycles. The van der Waals surface area contributed by atoms with Crippen molar-refractivity contribution in [2.24, 2.45) is 0 Å². The predicted molar refractivity (Wildman–Crippen MR) is 63.0 cm³/mol. The van der Waals surface area contributed by atoms with E-state index in [4.69, 9.17) is 0 Å². The topological polar surface area (TPSA) is 0 Å². The summed E-state index contributed by atoms with van der Waals surface area (Å²) in [5, 5.41) is 0. The molecule has 0 nitrogen and oxygen atoms in total. The van der Waals surface area contributed by atoms with Gasteiger partial charge in [-0.05, 0) is 18.9 Å². The van der Waals surface area contributed by atoms with Gasteiger partial charge in [0, 0.05) is 0 Å². The van der Waals surface area contributed by atoms with Gasteiger partial charge in [-0.3, -0.25) is 0 Å². The molecule has 18 heavy (non-hydrogen) atoms. The molecule has 0 N–H and O–H groups in total. The first-order valence-electron chi connectivity index (χ1n) is 5.36. The number of hydrogen-bond acceptors (Lipinski definition) is 0. The van der Waals surface area contributed by atoms with Gasteiger partial charge in [-0.15, -0.1) is 11.1 Å². The van der Waals surface area contributed by atoms with Gasteiger partial charge in [0.2, 0.25) is 0 Å². The molecule has 0 spiro atoms. The number of hydrogen-bond donors (Lipinski definition) is 0. The maximum atomic E-state index is 3.45. The molecule has 1 aliphatic rings. The Hall–Kier alpha value is -0.0969. The van der Waals surface area contributed by atoms with Crippen LogP contribution in [0.4, 0.5) is 0 Å². The Labute approximate surface area is 140 Å². The molecule has 0 saturated carbocycles. The Bertz CT molecular complexity index is 501. The fourth-order valence-electron chi connectivity index (χ4n) is 2.37. The van der Waals surface area contributed by atoms with Crippen molar-refractivity contribution < 1.29 is 51.0 Å². The number of fused-ring (bicyclic) bond motifs is 3. The van der Waals surface area contributed by atoms with Crippen molar-refractivity contribution in [1.82, 2.24) is 0 Å². The minimum atomic E-state index is 0. The van der Waals surface area contributed by atoms with Crippen LogP contribution in [0.25, 0.3) is 11.1 Å². The van der Waals surface area contributed by atoms with Gasteiger partial charge in [0.1, 0.15) is 0 Å². The number of halogens is 2. The van der Waals surface area contributed by atoms with E-state index in [0.717, 1.165) is 6.42 Å². The van der Waals surface area contributed by atoms with Crippen LogP contribution in [0.2, 0.25) is 0 Å². The van der Waals surface area contributed by atoms with Crippen LogP contribution in [0.3, 0.4) is 0 Å². The summed E-state index contributed by atoms with van der Waals surface area (Å²) in [5.74, 6) is 0. The van der Waals surface area contributed by atoms with E-state index in [1.54, 1.807) is 0 Å². The molecule has 91 valence electrons. The maximum Gasteiger partial charge on any atom is 3.00 e. The molecule has 1 radical (unpaired) electrons. The molecule has 0 aliphatic heterocycles. The fraction of sp³-hybridized carbons (Fsp3) is 0.200. The summed E-state index contributed by atoms with van der Waals surface area (Å²) in [6.45, 7) is 4.26. The third-order valence-corrected chi connectivity index (χ3v) is 3.09. The molecule has 0 bridgehead atoms. The van der Waals surface area contributed by atoms with Crippen LogP contribution in [0.15, 0.2) is 30.3 Å². The van der Waals surface area contributed by atoms with Crippen LogP contribution < -0.4 is 24.8 Å². The van der Waals surface area contributed by atoms with Crippen LogP contribution in [-0.2, 0) is 32.6 Å².